The van der Waals surface area contributed by atoms with Gasteiger partial charge in [0.2, 0.25) is 0 Å². The molecule has 2 saturated heterocycles. The lowest BCUT2D eigenvalue weighted by atomic mass is 9.71. The summed E-state index contributed by atoms with van der Waals surface area (Å²) < 4.78 is 38.8. The second-order valence-electron chi connectivity index (χ2n) is 11.7. The number of carbonyl (C=O) groups is 2. The number of rotatable bonds is 4. The van der Waals surface area contributed by atoms with E-state index < -0.39 is 17.7 Å². The number of benzene rings is 2. The Morgan fingerprint density at radius 3 is 2.27 bits per heavy atom. The van der Waals surface area contributed by atoms with E-state index in [1.54, 1.807) is 24.3 Å². The Kier molecular flexibility index (Phi) is 7.08. The van der Waals surface area contributed by atoms with Crippen LogP contribution in [0.25, 0.3) is 0 Å². The van der Waals surface area contributed by atoms with Gasteiger partial charge in [-0.15, -0.1) is 0 Å². The van der Waals surface area contributed by atoms with Gasteiger partial charge in [0.1, 0.15) is 5.70 Å². The maximum Gasteiger partial charge on any atom is 0.416 e. The van der Waals surface area contributed by atoms with Crippen molar-refractivity contribution in [1.82, 2.24) is 9.80 Å². The number of anilines is 1. The van der Waals surface area contributed by atoms with Crippen molar-refractivity contribution in [2.24, 2.45) is 5.41 Å². The lowest BCUT2D eigenvalue weighted by molar-refractivity contribution is -0.137. The zero-order valence-corrected chi connectivity index (χ0v) is 22.9. The van der Waals surface area contributed by atoms with Crippen molar-refractivity contribution in [3.8, 4) is 0 Å². The topological polar surface area (TPSA) is 64.1 Å². The predicted octanol–water partition coefficient (Wildman–Crippen LogP) is 6.06. The molecule has 41 heavy (non-hydrogen) atoms. The average molecular weight is 566 g/mol. The first-order valence-corrected chi connectivity index (χ1v) is 14.3. The second-order valence-corrected chi connectivity index (χ2v) is 11.7. The first kappa shape index (κ1) is 27.4. The number of allylic oxidation sites excluding steroid dienone is 2. The van der Waals surface area contributed by atoms with Gasteiger partial charge in [0.05, 0.1) is 11.6 Å². The van der Waals surface area contributed by atoms with E-state index in [1.165, 1.54) is 5.56 Å². The Balaban J connectivity index is 1.07. The van der Waals surface area contributed by atoms with Crippen molar-refractivity contribution < 1.29 is 27.9 Å². The second kappa shape index (κ2) is 10.6. The van der Waals surface area contributed by atoms with Crippen molar-refractivity contribution >= 4 is 17.6 Å². The quantitative estimate of drug-likeness (QED) is 0.489. The van der Waals surface area contributed by atoms with Crippen molar-refractivity contribution in [3.63, 3.8) is 0 Å². The summed E-state index contributed by atoms with van der Waals surface area (Å²) in [7, 11) is 0. The molecule has 0 aromatic heterocycles. The molecule has 1 N–H and O–H groups in total. The normalized spacial score (nSPS) is 22.1. The third kappa shape index (κ3) is 5.34. The summed E-state index contributed by atoms with van der Waals surface area (Å²) in [6, 6.07) is 11.3. The van der Waals surface area contributed by atoms with Crippen LogP contribution in [0.15, 0.2) is 66.4 Å². The van der Waals surface area contributed by atoms with Crippen molar-refractivity contribution in [1.29, 1.82) is 0 Å². The monoisotopic (exact) mass is 565 g/mol. The number of nitrogens with zero attached hydrogens (tertiary/aromatic N) is 3. The molecule has 2 fully saturated rings. The van der Waals surface area contributed by atoms with E-state index in [-0.39, 0.29) is 23.1 Å². The maximum atomic E-state index is 13.6. The van der Waals surface area contributed by atoms with E-state index in [0.29, 0.717) is 25.2 Å². The first-order valence-electron chi connectivity index (χ1n) is 14.3. The zero-order chi connectivity index (χ0) is 28.8. The van der Waals surface area contributed by atoms with Crippen LogP contribution in [-0.2, 0) is 17.4 Å². The molecule has 1 atom stereocenters. The van der Waals surface area contributed by atoms with Crippen LogP contribution in [-0.4, -0.2) is 59.5 Å². The predicted molar refractivity (Wildman–Crippen MR) is 150 cm³/mol. The summed E-state index contributed by atoms with van der Waals surface area (Å²) >= 11 is 0. The SMILES string of the molecule is O=C(O)C1=CC=CCN1C1CCc2ccc(C(=O)N3CCC4(CC3)CCN(c3ccc(C(F)(F)F)cc3)CC4)cc21. The maximum absolute atomic E-state index is 13.6. The molecule has 0 radical (unpaired) electrons. The number of carbonyl (C=O) groups excluding carboxylic acids is 1. The molecule has 216 valence electrons. The average Bonchev–Trinajstić information content (AvgIpc) is 3.40. The molecule has 9 heteroatoms. The summed E-state index contributed by atoms with van der Waals surface area (Å²) in [4.78, 5) is 31.4. The Hall–Kier alpha value is -3.75. The molecule has 0 saturated carbocycles. The number of aliphatic carboxylic acids is 1. The van der Waals surface area contributed by atoms with Crippen LogP contribution in [0.2, 0.25) is 0 Å². The smallest absolute Gasteiger partial charge is 0.416 e. The molecule has 1 unspecified atom stereocenters. The molecule has 6 rings (SSSR count). The minimum absolute atomic E-state index is 0.0167. The highest BCUT2D eigenvalue weighted by molar-refractivity contribution is 5.94. The fourth-order valence-corrected chi connectivity index (χ4v) is 7.02. The van der Waals surface area contributed by atoms with Gasteiger partial charge in [0, 0.05) is 44.0 Å². The Morgan fingerprint density at radius 1 is 0.927 bits per heavy atom. The van der Waals surface area contributed by atoms with Gasteiger partial charge in [-0.05, 0) is 97.5 Å². The number of piperidine rings is 2. The van der Waals surface area contributed by atoms with Gasteiger partial charge in [0.15, 0.2) is 0 Å². The van der Waals surface area contributed by atoms with Gasteiger partial charge < -0.3 is 19.8 Å². The number of halogens is 3. The lowest BCUT2D eigenvalue weighted by Crippen LogP contribution is -2.48. The van der Waals surface area contributed by atoms with Gasteiger partial charge in [-0.2, -0.15) is 13.2 Å². The number of amides is 1. The van der Waals surface area contributed by atoms with Crippen LogP contribution < -0.4 is 4.90 Å². The minimum Gasteiger partial charge on any atom is -0.477 e. The Morgan fingerprint density at radius 2 is 1.61 bits per heavy atom. The molecule has 4 aliphatic rings. The number of alkyl halides is 3. The fourth-order valence-electron chi connectivity index (χ4n) is 7.02. The van der Waals surface area contributed by atoms with Gasteiger partial charge in [-0.3, -0.25) is 4.79 Å². The number of hydrogen-bond donors (Lipinski definition) is 1. The summed E-state index contributed by atoms with van der Waals surface area (Å²) in [5, 5.41) is 9.70. The fraction of sp³-hybridized carbons (Fsp3) is 0.438. The Bertz CT molecular complexity index is 1380. The first-order chi connectivity index (χ1) is 19.6. The van der Waals surface area contributed by atoms with Crippen LogP contribution in [0.1, 0.15) is 65.2 Å². The zero-order valence-electron chi connectivity index (χ0n) is 22.9. The van der Waals surface area contributed by atoms with Crippen LogP contribution in [0, 0.1) is 5.41 Å². The van der Waals surface area contributed by atoms with Crippen LogP contribution >= 0.6 is 0 Å². The number of carboxylic acid groups (broad SMARTS) is 1. The number of hydrogen-bond acceptors (Lipinski definition) is 4. The summed E-state index contributed by atoms with van der Waals surface area (Å²) in [6.07, 6.45) is 6.47. The number of fused-ring (bicyclic) bond motifs is 1. The molecule has 2 aromatic rings. The van der Waals surface area contributed by atoms with Gasteiger partial charge >= 0.3 is 12.1 Å². The van der Waals surface area contributed by atoms with E-state index in [0.717, 1.165) is 75.0 Å². The highest BCUT2D eigenvalue weighted by Gasteiger charge is 2.39. The highest BCUT2D eigenvalue weighted by atomic mass is 19.4. The standard InChI is InChI=1S/C32H34F3N3O3/c33-32(34,35)24-7-9-25(10-8-24)36-17-12-31(13-18-36)14-19-37(20-15-31)29(39)23-5-4-22-6-11-27(26(22)21-23)38-16-2-1-3-28(38)30(40)41/h1-5,7-10,21,27H,6,11-20H2,(H,40,41). The molecule has 3 aliphatic heterocycles. The third-order valence-corrected chi connectivity index (χ3v) is 9.53. The molecule has 1 spiro atoms. The molecule has 1 aliphatic carbocycles. The minimum atomic E-state index is -4.33. The van der Waals surface area contributed by atoms with Crippen molar-refractivity contribution in [2.75, 3.05) is 37.6 Å². The molecule has 3 heterocycles. The largest absolute Gasteiger partial charge is 0.477 e. The lowest BCUT2D eigenvalue weighted by Gasteiger charge is -2.47. The van der Waals surface area contributed by atoms with E-state index in [2.05, 4.69) is 4.90 Å². The van der Waals surface area contributed by atoms with Gasteiger partial charge in [0.25, 0.3) is 5.91 Å². The van der Waals surface area contributed by atoms with Crippen molar-refractivity contribution in [2.45, 2.75) is 50.7 Å². The summed E-state index contributed by atoms with van der Waals surface area (Å²) in [5.41, 5.74) is 3.50. The van der Waals surface area contributed by atoms with Crippen LogP contribution in [0.4, 0.5) is 18.9 Å². The molecular formula is C32H34F3N3O3. The van der Waals surface area contributed by atoms with Gasteiger partial charge in [-0.1, -0.05) is 18.2 Å². The highest BCUT2D eigenvalue weighted by Crippen LogP contribution is 2.43. The van der Waals surface area contributed by atoms with Crippen molar-refractivity contribution in [3.05, 3.63) is 88.6 Å². The number of aryl methyl sites for hydroxylation is 1. The number of likely N-dealkylation sites (tertiary alicyclic amines) is 1. The van der Waals surface area contributed by atoms with E-state index >= 15 is 0 Å². The van der Waals surface area contributed by atoms with E-state index in [1.807, 2.05) is 34.1 Å². The Labute approximate surface area is 237 Å². The molecule has 0 bridgehead atoms. The molecule has 1 amide bonds. The van der Waals surface area contributed by atoms with E-state index in [9.17, 15) is 27.9 Å². The molecule has 6 nitrogen and oxygen atoms in total. The number of carboxylic acids is 1. The third-order valence-electron chi connectivity index (χ3n) is 9.53. The van der Waals surface area contributed by atoms with Crippen LogP contribution in [0.5, 0.6) is 0 Å². The summed E-state index contributed by atoms with van der Waals surface area (Å²) in [6.45, 7) is 3.49. The van der Waals surface area contributed by atoms with Gasteiger partial charge in [-0.25, -0.2) is 4.79 Å². The van der Waals surface area contributed by atoms with Crippen LogP contribution in [0.3, 0.4) is 0 Å². The molecule has 2 aromatic carbocycles. The molecular weight excluding hydrogens is 531 g/mol. The van der Waals surface area contributed by atoms with E-state index in [4.69, 9.17) is 0 Å². The summed E-state index contributed by atoms with van der Waals surface area (Å²) in [5.74, 6) is -0.925.